The molecule has 3 atom stereocenters. The van der Waals surface area contributed by atoms with Gasteiger partial charge >= 0.3 is 6.03 Å². The van der Waals surface area contributed by atoms with Crippen LogP contribution in [0.5, 0.6) is 5.75 Å². The summed E-state index contributed by atoms with van der Waals surface area (Å²) in [5.41, 5.74) is 1.43. The number of aliphatic hydroxyl groups excluding tert-OH is 1. The van der Waals surface area contributed by atoms with Gasteiger partial charge in [-0.25, -0.2) is 13.2 Å². The minimum atomic E-state index is -3.56. The number of nitrogens with zero attached hydrogens (tertiary/aromatic N) is 3. The van der Waals surface area contributed by atoms with E-state index in [-0.39, 0.29) is 48.6 Å². The zero-order chi connectivity index (χ0) is 26.8. The molecule has 3 amide bonds. The smallest absolute Gasteiger partial charge is 0.321 e. The number of aliphatic hydroxyl groups is 1. The van der Waals surface area contributed by atoms with E-state index >= 15 is 0 Å². The number of amides is 3. The van der Waals surface area contributed by atoms with Gasteiger partial charge in [-0.3, -0.25) is 9.52 Å². The van der Waals surface area contributed by atoms with Gasteiger partial charge in [0.15, 0.2) is 5.76 Å². The van der Waals surface area contributed by atoms with Gasteiger partial charge in [0.25, 0.3) is 5.91 Å². The Morgan fingerprint density at radius 1 is 1.36 bits per heavy atom. The highest BCUT2D eigenvalue weighted by Crippen LogP contribution is 2.31. The SMILES string of the molecule is Cc1noc(C)c1NC(=O)N(C)C[C@H]1Oc2ccc(NS(C)(=O)=O)cc2C(=O)N([C@H](C)CO)C[C@H]1C. The molecule has 3 N–H and O–H groups in total. The molecule has 3 rings (SSSR count). The molecule has 198 valence electrons. The van der Waals surface area contributed by atoms with E-state index in [1.165, 1.54) is 28.0 Å². The fourth-order valence-corrected chi connectivity index (χ4v) is 4.49. The average Bonchev–Trinajstić information content (AvgIpc) is 3.12. The maximum atomic E-state index is 13.4. The lowest BCUT2D eigenvalue weighted by molar-refractivity contribution is 0.0371. The number of urea groups is 1. The number of ether oxygens (including phenoxy) is 1. The summed E-state index contributed by atoms with van der Waals surface area (Å²) in [4.78, 5) is 29.3. The fraction of sp³-hybridized carbons (Fsp3) is 0.522. The molecule has 0 fully saturated rings. The molecule has 1 aliphatic heterocycles. The van der Waals surface area contributed by atoms with Gasteiger partial charge in [0.1, 0.15) is 23.2 Å². The first-order chi connectivity index (χ1) is 16.8. The number of sulfonamides is 1. The highest BCUT2D eigenvalue weighted by atomic mass is 32.2. The molecule has 1 aromatic carbocycles. The van der Waals surface area contributed by atoms with Gasteiger partial charge in [0, 0.05) is 25.2 Å². The summed E-state index contributed by atoms with van der Waals surface area (Å²) < 4.78 is 37.1. The lowest BCUT2D eigenvalue weighted by Crippen LogP contribution is -2.50. The Bertz CT molecular complexity index is 1210. The van der Waals surface area contributed by atoms with Crippen molar-refractivity contribution in [3.05, 3.63) is 35.2 Å². The number of hydrogen-bond donors (Lipinski definition) is 3. The monoisotopic (exact) mass is 523 g/mol. The van der Waals surface area contributed by atoms with E-state index in [0.29, 0.717) is 17.1 Å². The Morgan fingerprint density at radius 3 is 2.64 bits per heavy atom. The Labute approximate surface area is 210 Å². The number of fused-ring (bicyclic) bond motifs is 1. The highest BCUT2D eigenvalue weighted by molar-refractivity contribution is 7.92. The molecule has 1 aromatic heterocycles. The van der Waals surface area contributed by atoms with Gasteiger partial charge in [-0.15, -0.1) is 0 Å². The van der Waals surface area contributed by atoms with Crippen LogP contribution in [0.2, 0.25) is 0 Å². The number of carbonyl (C=O) groups excluding carboxylic acids is 2. The summed E-state index contributed by atoms with van der Waals surface area (Å²) in [6, 6.07) is 3.57. The maximum absolute atomic E-state index is 13.4. The van der Waals surface area contributed by atoms with E-state index in [4.69, 9.17) is 9.26 Å². The maximum Gasteiger partial charge on any atom is 0.321 e. The van der Waals surface area contributed by atoms with Crippen LogP contribution in [0.15, 0.2) is 22.7 Å². The molecule has 0 saturated carbocycles. The number of anilines is 2. The van der Waals surface area contributed by atoms with Crippen LogP contribution in [0.25, 0.3) is 0 Å². The van der Waals surface area contributed by atoms with E-state index in [0.717, 1.165) is 6.26 Å². The summed E-state index contributed by atoms with van der Waals surface area (Å²) in [6.45, 7) is 7.25. The Hall–Kier alpha value is -3.32. The van der Waals surface area contributed by atoms with Gasteiger partial charge in [0.05, 0.1) is 31.0 Å². The number of benzene rings is 1. The number of carbonyl (C=O) groups is 2. The van der Waals surface area contributed by atoms with E-state index in [1.54, 1.807) is 27.8 Å². The van der Waals surface area contributed by atoms with Crippen molar-refractivity contribution in [1.82, 2.24) is 15.0 Å². The summed E-state index contributed by atoms with van der Waals surface area (Å²) in [5, 5.41) is 16.4. The third-order valence-electron chi connectivity index (χ3n) is 6.03. The fourth-order valence-electron chi connectivity index (χ4n) is 3.93. The van der Waals surface area contributed by atoms with Crippen molar-refractivity contribution >= 4 is 33.3 Å². The molecule has 0 radical (unpaired) electrons. The van der Waals surface area contributed by atoms with Crippen LogP contribution in [0.3, 0.4) is 0 Å². The summed E-state index contributed by atoms with van der Waals surface area (Å²) in [7, 11) is -1.94. The van der Waals surface area contributed by atoms with Crippen molar-refractivity contribution in [3.63, 3.8) is 0 Å². The van der Waals surface area contributed by atoms with Crippen molar-refractivity contribution in [2.75, 3.05) is 43.0 Å². The molecule has 12 nitrogen and oxygen atoms in total. The molecule has 13 heteroatoms. The Balaban J connectivity index is 1.90. The van der Waals surface area contributed by atoms with Crippen LogP contribution in [0.4, 0.5) is 16.2 Å². The van der Waals surface area contributed by atoms with Gasteiger partial charge in [-0.05, 0) is 39.0 Å². The predicted octanol–water partition coefficient (Wildman–Crippen LogP) is 2.05. The third kappa shape index (κ3) is 6.26. The van der Waals surface area contributed by atoms with Crippen molar-refractivity contribution in [3.8, 4) is 5.75 Å². The molecule has 36 heavy (non-hydrogen) atoms. The van der Waals surface area contributed by atoms with Gasteiger partial charge in [-0.2, -0.15) is 0 Å². The number of nitrogens with one attached hydrogen (secondary N) is 2. The van der Waals surface area contributed by atoms with Crippen LogP contribution in [0, 0.1) is 19.8 Å². The summed E-state index contributed by atoms with van der Waals surface area (Å²) >= 11 is 0. The molecule has 1 aliphatic rings. The number of aromatic nitrogens is 1. The number of likely N-dealkylation sites (N-methyl/N-ethyl adjacent to an activating group) is 1. The molecule has 0 spiro atoms. The number of rotatable bonds is 7. The zero-order valence-electron chi connectivity index (χ0n) is 21.2. The van der Waals surface area contributed by atoms with E-state index in [1.807, 2.05) is 6.92 Å². The van der Waals surface area contributed by atoms with E-state index in [2.05, 4.69) is 15.2 Å². The number of aryl methyl sites for hydroxylation is 2. The van der Waals surface area contributed by atoms with Crippen LogP contribution >= 0.6 is 0 Å². The molecule has 2 heterocycles. The van der Waals surface area contributed by atoms with Crippen molar-refractivity contribution in [1.29, 1.82) is 0 Å². The van der Waals surface area contributed by atoms with Crippen molar-refractivity contribution in [2.24, 2.45) is 5.92 Å². The summed E-state index contributed by atoms with van der Waals surface area (Å²) in [6.07, 6.45) is 0.503. The van der Waals surface area contributed by atoms with Crippen LogP contribution in [-0.4, -0.2) is 85.6 Å². The third-order valence-corrected chi connectivity index (χ3v) is 6.64. The van der Waals surface area contributed by atoms with Crippen LogP contribution < -0.4 is 14.8 Å². The predicted molar refractivity (Wildman–Crippen MR) is 134 cm³/mol. The van der Waals surface area contributed by atoms with Crippen LogP contribution in [-0.2, 0) is 10.0 Å². The first-order valence-corrected chi connectivity index (χ1v) is 13.3. The second-order valence-corrected chi connectivity index (χ2v) is 11.0. The first kappa shape index (κ1) is 27.3. The Kier molecular flexibility index (Phi) is 8.14. The Morgan fingerprint density at radius 2 is 2.06 bits per heavy atom. The topological polar surface area (TPSA) is 154 Å². The second-order valence-electron chi connectivity index (χ2n) is 9.22. The molecule has 0 unspecified atom stereocenters. The summed E-state index contributed by atoms with van der Waals surface area (Å²) in [5.74, 6) is 0.146. The van der Waals surface area contributed by atoms with E-state index < -0.39 is 28.1 Å². The van der Waals surface area contributed by atoms with E-state index in [9.17, 15) is 23.1 Å². The quantitative estimate of drug-likeness (QED) is 0.498. The minimum Gasteiger partial charge on any atom is -0.487 e. The molecule has 0 saturated heterocycles. The molecular formula is C23H33N5O7S. The second kappa shape index (κ2) is 10.7. The standard InChI is InChI=1S/C23H33N5O7S/c1-13-10-28(14(2)12-29)22(30)18-9-17(26-36(6,32)33)7-8-19(18)34-20(13)11-27(5)23(31)24-21-15(3)25-35-16(21)4/h7-9,13-14,20,26,29H,10-12H2,1-6H3,(H,24,31)/t13-,14-,20-/m1/s1. The van der Waals surface area contributed by atoms with Crippen molar-refractivity contribution < 1.29 is 32.4 Å². The zero-order valence-corrected chi connectivity index (χ0v) is 22.0. The van der Waals surface area contributed by atoms with Gasteiger partial charge in [-0.1, -0.05) is 12.1 Å². The molecule has 2 aromatic rings. The average molecular weight is 524 g/mol. The van der Waals surface area contributed by atoms with Gasteiger partial charge < -0.3 is 29.5 Å². The minimum absolute atomic E-state index is 0.156. The largest absolute Gasteiger partial charge is 0.487 e. The molecule has 0 aliphatic carbocycles. The van der Waals surface area contributed by atoms with Crippen molar-refractivity contribution in [2.45, 2.75) is 39.8 Å². The first-order valence-electron chi connectivity index (χ1n) is 11.5. The van der Waals surface area contributed by atoms with Gasteiger partial charge in [0.2, 0.25) is 10.0 Å². The molecule has 0 bridgehead atoms. The lowest BCUT2D eigenvalue weighted by Gasteiger charge is -2.38. The normalized spacial score (nSPS) is 19.0. The highest BCUT2D eigenvalue weighted by Gasteiger charge is 2.34. The van der Waals surface area contributed by atoms with Crippen LogP contribution in [0.1, 0.15) is 35.7 Å². The lowest BCUT2D eigenvalue weighted by atomic mass is 9.99. The molecular weight excluding hydrogens is 490 g/mol. The number of hydrogen-bond acceptors (Lipinski definition) is 8.